The molecule has 1 heterocycles. The minimum Gasteiger partial charge on any atom is -0.383 e. The summed E-state index contributed by atoms with van der Waals surface area (Å²) in [6, 6.07) is 10.8. The predicted octanol–water partition coefficient (Wildman–Crippen LogP) is 3.07. The van der Waals surface area contributed by atoms with E-state index in [-0.39, 0.29) is 0 Å². The third-order valence-electron chi connectivity index (χ3n) is 3.61. The van der Waals surface area contributed by atoms with Crippen molar-refractivity contribution in [1.29, 1.82) is 5.26 Å². The molecule has 2 rings (SSSR count). The first-order valence-corrected chi connectivity index (χ1v) is 7.50. The van der Waals surface area contributed by atoms with E-state index < -0.39 is 0 Å². The van der Waals surface area contributed by atoms with Crippen LogP contribution in [0.3, 0.4) is 0 Å². The van der Waals surface area contributed by atoms with Crippen molar-refractivity contribution < 1.29 is 4.74 Å². The lowest BCUT2D eigenvalue weighted by Crippen LogP contribution is -2.19. The maximum absolute atomic E-state index is 8.60. The molecular formula is C17H23N3O. The molecule has 0 atom stereocenters. The van der Waals surface area contributed by atoms with E-state index in [4.69, 9.17) is 10.00 Å². The Morgan fingerprint density at radius 3 is 3.00 bits per heavy atom. The molecule has 4 heteroatoms. The van der Waals surface area contributed by atoms with Gasteiger partial charge in [0.05, 0.1) is 18.2 Å². The summed E-state index contributed by atoms with van der Waals surface area (Å²) in [7, 11) is 1.72. The Bertz CT molecular complexity index is 598. The number of nitriles is 1. The molecule has 4 nitrogen and oxygen atoms in total. The van der Waals surface area contributed by atoms with Crippen LogP contribution in [-0.2, 0) is 17.8 Å². The average molecular weight is 285 g/mol. The number of hydrogen-bond donors (Lipinski definition) is 1. The number of nitrogens with one attached hydrogen (secondary N) is 1. The number of ether oxygens (including phenoxy) is 1. The number of hydrogen-bond acceptors (Lipinski definition) is 3. The summed E-state index contributed by atoms with van der Waals surface area (Å²) in [5.74, 6) is 0. The number of para-hydroxylation sites is 1. The Kier molecular flexibility index (Phi) is 6.26. The molecule has 0 radical (unpaired) electrons. The lowest BCUT2D eigenvalue weighted by molar-refractivity contribution is 0.199. The second-order valence-electron chi connectivity index (χ2n) is 5.15. The quantitative estimate of drug-likeness (QED) is 0.720. The van der Waals surface area contributed by atoms with Crippen molar-refractivity contribution in [3.05, 3.63) is 36.0 Å². The Morgan fingerprint density at radius 1 is 1.29 bits per heavy atom. The molecule has 0 aliphatic rings. The van der Waals surface area contributed by atoms with E-state index in [0.717, 1.165) is 39.1 Å². The van der Waals surface area contributed by atoms with Gasteiger partial charge in [0.1, 0.15) is 0 Å². The zero-order chi connectivity index (χ0) is 14.9. The van der Waals surface area contributed by atoms with Gasteiger partial charge in [-0.1, -0.05) is 18.2 Å². The maximum Gasteiger partial charge on any atom is 0.0621 e. The molecule has 0 saturated heterocycles. The lowest BCUT2D eigenvalue weighted by Gasteiger charge is -2.10. The van der Waals surface area contributed by atoms with Crippen LogP contribution in [0.5, 0.6) is 0 Å². The van der Waals surface area contributed by atoms with E-state index in [1.54, 1.807) is 7.11 Å². The van der Waals surface area contributed by atoms with E-state index in [1.165, 1.54) is 16.5 Å². The van der Waals surface area contributed by atoms with Crippen molar-refractivity contribution in [2.24, 2.45) is 0 Å². The van der Waals surface area contributed by atoms with Crippen LogP contribution in [0.2, 0.25) is 0 Å². The van der Waals surface area contributed by atoms with Gasteiger partial charge in [0.2, 0.25) is 0 Å². The van der Waals surface area contributed by atoms with Gasteiger partial charge < -0.3 is 14.6 Å². The molecule has 21 heavy (non-hydrogen) atoms. The highest BCUT2D eigenvalue weighted by molar-refractivity contribution is 5.83. The number of benzene rings is 1. The molecule has 1 aromatic heterocycles. The fraction of sp³-hybridized carbons (Fsp3) is 0.471. The second-order valence-corrected chi connectivity index (χ2v) is 5.15. The lowest BCUT2D eigenvalue weighted by atomic mass is 10.1. The zero-order valence-corrected chi connectivity index (χ0v) is 12.6. The number of unbranched alkanes of at least 4 members (excludes halogenated alkanes) is 2. The highest BCUT2D eigenvalue weighted by atomic mass is 16.5. The summed E-state index contributed by atoms with van der Waals surface area (Å²) in [6.45, 7) is 3.41. The number of fused-ring (bicyclic) bond motifs is 1. The molecular weight excluding hydrogens is 262 g/mol. The Labute approximate surface area is 126 Å². The van der Waals surface area contributed by atoms with E-state index in [2.05, 4.69) is 46.4 Å². The van der Waals surface area contributed by atoms with Gasteiger partial charge in [-0.15, -0.1) is 0 Å². The van der Waals surface area contributed by atoms with Crippen molar-refractivity contribution in [3.63, 3.8) is 0 Å². The van der Waals surface area contributed by atoms with E-state index in [1.807, 2.05) is 0 Å². The third-order valence-corrected chi connectivity index (χ3v) is 3.61. The normalized spacial score (nSPS) is 10.9. The first-order valence-electron chi connectivity index (χ1n) is 7.50. The fourth-order valence-electron chi connectivity index (χ4n) is 2.55. The number of rotatable bonds is 9. The number of aryl methyl sites for hydroxylation is 1. The van der Waals surface area contributed by atoms with Crippen LogP contribution in [0.15, 0.2) is 30.5 Å². The number of nitrogens with zero attached hydrogens (tertiary/aromatic N) is 2. The van der Waals surface area contributed by atoms with E-state index >= 15 is 0 Å². The predicted molar refractivity (Wildman–Crippen MR) is 85.0 cm³/mol. The Hall–Kier alpha value is -1.83. The minimum absolute atomic E-state index is 0.643. The maximum atomic E-state index is 8.60. The average Bonchev–Trinajstić information content (AvgIpc) is 2.92. The molecule has 0 amide bonds. The van der Waals surface area contributed by atoms with Crippen molar-refractivity contribution in [1.82, 2.24) is 9.88 Å². The van der Waals surface area contributed by atoms with Gasteiger partial charge >= 0.3 is 0 Å². The number of methoxy groups -OCH3 is 1. The monoisotopic (exact) mass is 285 g/mol. The molecule has 0 bridgehead atoms. The van der Waals surface area contributed by atoms with Gasteiger partial charge in [-0.2, -0.15) is 5.26 Å². The Balaban J connectivity index is 2.06. The molecule has 0 aliphatic heterocycles. The summed E-state index contributed by atoms with van der Waals surface area (Å²) >= 11 is 0. The molecule has 1 aromatic carbocycles. The molecule has 1 N–H and O–H groups in total. The molecule has 0 spiro atoms. The van der Waals surface area contributed by atoms with Gasteiger partial charge in [0.15, 0.2) is 0 Å². The summed E-state index contributed by atoms with van der Waals surface area (Å²) < 4.78 is 7.36. The molecule has 0 fully saturated rings. The van der Waals surface area contributed by atoms with Crippen LogP contribution < -0.4 is 5.32 Å². The van der Waals surface area contributed by atoms with E-state index in [0.29, 0.717) is 6.42 Å². The van der Waals surface area contributed by atoms with Crippen LogP contribution >= 0.6 is 0 Å². The van der Waals surface area contributed by atoms with Gasteiger partial charge in [-0.05, 0) is 29.9 Å². The topological polar surface area (TPSA) is 50.0 Å². The van der Waals surface area contributed by atoms with Crippen LogP contribution in [0.4, 0.5) is 0 Å². The van der Waals surface area contributed by atoms with Crippen molar-refractivity contribution >= 4 is 10.9 Å². The Morgan fingerprint density at radius 2 is 2.19 bits per heavy atom. The van der Waals surface area contributed by atoms with Crippen LogP contribution in [0.1, 0.15) is 24.8 Å². The highest BCUT2D eigenvalue weighted by Gasteiger charge is 2.06. The molecule has 112 valence electrons. The summed E-state index contributed by atoms with van der Waals surface area (Å²) in [5, 5.41) is 13.3. The van der Waals surface area contributed by atoms with Crippen molar-refractivity contribution in [2.75, 3.05) is 20.3 Å². The van der Waals surface area contributed by atoms with Crippen LogP contribution in [0, 0.1) is 11.3 Å². The SMILES string of the molecule is COCCNCc1cccc2ccn(CCCCC#N)c12. The number of aromatic nitrogens is 1. The molecule has 2 aromatic rings. The minimum atomic E-state index is 0.643. The van der Waals surface area contributed by atoms with Gasteiger partial charge in [-0.25, -0.2) is 0 Å². The van der Waals surface area contributed by atoms with Gasteiger partial charge in [-0.3, -0.25) is 0 Å². The first kappa shape index (κ1) is 15.6. The van der Waals surface area contributed by atoms with Crippen molar-refractivity contribution in [3.8, 4) is 6.07 Å². The van der Waals surface area contributed by atoms with Crippen LogP contribution in [0.25, 0.3) is 10.9 Å². The van der Waals surface area contributed by atoms with Gasteiger partial charge in [0.25, 0.3) is 0 Å². The zero-order valence-electron chi connectivity index (χ0n) is 12.6. The first-order chi connectivity index (χ1) is 10.4. The molecule has 0 unspecified atom stereocenters. The molecule has 0 saturated carbocycles. The highest BCUT2D eigenvalue weighted by Crippen LogP contribution is 2.21. The smallest absolute Gasteiger partial charge is 0.0621 e. The summed E-state index contributed by atoms with van der Waals surface area (Å²) in [5.41, 5.74) is 2.62. The summed E-state index contributed by atoms with van der Waals surface area (Å²) in [4.78, 5) is 0. The van der Waals surface area contributed by atoms with Gasteiger partial charge in [0, 0.05) is 39.4 Å². The van der Waals surface area contributed by atoms with E-state index in [9.17, 15) is 0 Å². The molecule has 0 aliphatic carbocycles. The third kappa shape index (κ3) is 4.32. The summed E-state index contributed by atoms with van der Waals surface area (Å²) in [6.07, 6.45) is 4.80. The fourth-order valence-corrected chi connectivity index (χ4v) is 2.55. The standard InChI is InChI=1S/C17H23N3O/c1-21-13-10-19-14-16-7-5-6-15-8-12-20(17(15)16)11-4-2-3-9-18/h5-8,12,19H,2-4,10-11,13-14H2,1H3. The largest absolute Gasteiger partial charge is 0.383 e. The van der Waals surface area contributed by atoms with Crippen molar-refractivity contribution in [2.45, 2.75) is 32.4 Å². The second kappa shape index (κ2) is 8.46. The van der Waals surface area contributed by atoms with Crippen LogP contribution in [-0.4, -0.2) is 24.8 Å².